The van der Waals surface area contributed by atoms with Crippen molar-refractivity contribution in [2.24, 2.45) is 0 Å². The molecule has 1 heterocycles. The Morgan fingerprint density at radius 1 is 1.14 bits per heavy atom. The second kappa shape index (κ2) is 7.95. The van der Waals surface area contributed by atoms with E-state index in [2.05, 4.69) is 62.3 Å². The van der Waals surface area contributed by atoms with E-state index in [1.165, 1.54) is 43.2 Å². The molecule has 1 saturated heterocycles. The van der Waals surface area contributed by atoms with Crippen molar-refractivity contribution in [3.8, 4) is 0 Å². The molecular weight excluding hydrogens is 256 g/mol. The van der Waals surface area contributed by atoms with Crippen molar-refractivity contribution in [3.63, 3.8) is 0 Å². The van der Waals surface area contributed by atoms with E-state index in [9.17, 15) is 0 Å². The number of nitrogens with zero attached hydrogens (tertiary/aromatic N) is 1. The topological polar surface area (TPSA) is 15.3 Å². The van der Waals surface area contributed by atoms with Crippen LogP contribution < -0.4 is 5.32 Å². The first-order valence-corrected chi connectivity index (χ1v) is 8.67. The monoisotopic (exact) mass is 288 g/mol. The van der Waals surface area contributed by atoms with Crippen molar-refractivity contribution in [3.05, 3.63) is 35.4 Å². The van der Waals surface area contributed by atoms with Crippen LogP contribution in [0.25, 0.3) is 0 Å². The third-order valence-electron chi connectivity index (χ3n) is 5.04. The van der Waals surface area contributed by atoms with Gasteiger partial charge in [0, 0.05) is 24.7 Å². The van der Waals surface area contributed by atoms with Gasteiger partial charge in [0.15, 0.2) is 0 Å². The minimum Gasteiger partial charge on any atom is -0.312 e. The molecule has 1 aromatic carbocycles. The third kappa shape index (κ3) is 4.31. The van der Waals surface area contributed by atoms with Crippen LogP contribution in [0.3, 0.4) is 0 Å². The Balaban J connectivity index is 2.04. The highest BCUT2D eigenvalue weighted by molar-refractivity contribution is 5.25. The van der Waals surface area contributed by atoms with Gasteiger partial charge in [-0.2, -0.15) is 0 Å². The van der Waals surface area contributed by atoms with E-state index in [1.807, 2.05) is 0 Å². The molecule has 2 rings (SSSR count). The van der Waals surface area contributed by atoms with Crippen LogP contribution in [-0.4, -0.2) is 30.6 Å². The van der Waals surface area contributed by atoms with Gasteiger partial charge in [0.25, 0.3) is 0 Å². The first-order valence-electron chi connectivity index (χ1n) is 8.67. The van der Waals surface area contributed by atoms with E-state index in [0.717, 1.165) is 6.54 Å². The van der Waals surface area contributed by atoms with Crippen LogP contribution >= 0.6 is 0 Å². The molecule has 0 aliphatic carbocycles. The zero-order valence-electron chi connectivity index (χ0n) is 14.2. The van der Waals surface area contributed by atoms with E-state index in [1.54, 1.807) is 0 Å². The number of hydrogen-bond acceptors (Lipinski definition) is 2. The summed E-state index contributed by atoms with van der Waals surface area (Å²) in [6.07, 6.45) is 6.48. The first-order chi connectivity index (χ1) is 10.2. The number of hydrogen-bond donors (Lipinski definition) is 1. The minimum atomic E-state index is 0.434. The second-order valence-corrected chi connectivity index (χ2v) is 6.66. The Morgan fingerprint density at radius 3 is 2.29 bits per heavy atom. The molecule has 1 fully saturated rings. The van der Waals surface area contributed by atoms with Crippen molar-refractivity contribution >= 4 is 0 Å². The highest BCUT2D eigenvalue weighted by atomic mass is 15.2. The minimum absolute atomic E-state index is 0.434. The predicted molar refractivity (Wildman–Crippen MR) is 91.7 cm³/mol. The van der Waals surface area contributed by atoms with Gasteiger partial charge in [0.1, 0.15) is 0 Å². The number of likely N-dealkylation sites (N-methyl/N-ethyl adjacent to an activating group) is 1. The standard InChI is InChI=1S/C19H32N2/c1-5-7-17-10-12-18(13-11-17)19(20-4)14-21-15(2)8-6-9-16(21)3/h10-13,15-16,19-20H,5-9,14H2,1-4H3/t15-,16+,19?. The van der Waals surface area contributed by atoms with Gasteiger partial charge in [-0.3, -0.25) is 4.90 Å². The highest BCUT2D eigenvalue weighted by Gasteiger charge is 2.26. The van der Waals surface area contributed by atoms with Gasteiger partial charge in [-0.05, 0) is 51.3 Å². The zero-order valence-corrected chi connectivity index (χ0v) is 14.2. The van der Waals surface area contributed by atoms with E-state index < -0.39 is 0 Å². The van der Waals surface area contributed by atoms with Crippen LogP contribution in [0.4, 0.5) is 0 Å². The number of likely N-dealkylation sites (tertiary alicyclic amines) is 1. The smallest absolute Gasteiger partial charge is 0.0447 e. The fraction of sp³-hybridized carbons (Fsp3) is 0.684. The van der Waals surface area contributed by atoms with Gasteiger partial charge in [0.2, 0.25) is 0 Å². The number of piperidine rings is 1. The lowest BCUT2D eigenvalue weighted by Crippen LogP contribution is -2.47. The fourth-order valence-electron chi connectivity index (χ4n) is 3.61. The molecule has 2 heteroatoms. The lowest BCUT2D eigenvalue weighted by atomic mass is 9.95. The maximum atomic E-state index is 3.52. The SMILES string of the molecule is CCCc1ccc(C(CN2[C@H](C)CCC[C@@H]2C)NC)cc1. The van der Waals surface area contributed by atoms with Crippen molar-refractivity contribution in [1.82, 2.24) is 10.2 Å². The Morgan fingerprint density at radius 2 is 1.76 bits per heavy atom. The van der Waals surface area contributed by atoms with Gasteiger partial charge in [0.05, 0.1) is 0 Å². The number of benzene rings is 1. The van der Waals surface area contributed by atoms with Crippen LogP contribution in [0.2, 0.25) is 0 Å². The Bertz CT molecular complexity index is 402. The van der Waals surface area contributed by atoms with Crippen molar-refractivity contribution in [2.45, 2.75) is 71.0 Å². The maximum absolute atomic E-state index is 3.52. The predicted octanol–water partition coefficient (Wildman–Crippen LogP) is 4.16. The molecule has 1 N–H and O–H groups in total. The Labute approximate surface area is 130 Å². The molecule has 2 nitrogen and oxygen atoms in total. The summed E-state index contributed by atoms with van der Waals surface area (Å²) in [5.74, 6) is 0. The Hall–Kier alpha value is -0.860. The van der Waals surface area contributed by atoms with Crippen LogP contribution in [0.1, 0.15) is 63.6 Å². The summed E-state index contributed by atoms with van der Waals surface area (Å²) in [5, 5.41) is 3.52. The number of nitrogens with one attached hydrogen (secondary N) is 1. The van der Waals surface area contributed by atoms with Crippen molar-refractivity contribution in [2.75, 3.05) is 13.6 Å². The molecule has 0 spiro atoms. The summed E-state index contributed by atoms with van der Waals surface area (Å²) in [7, 11) is 2.09. The zero-order chi connectivity index (χ0) is 15.2. The molecule has 0 saturated carbocycles. The van der Waals surface area contributed by atoms with Crippen LogP contribution in [0, 0.1) is 0 Å². The summed E-state index contributed by atoms with van der Waals surface area (Å²) in [5.41, 5.74) is 2.87. The molecule has 1 aromatic rings. The molecule has 21 heavy (non-hydrogen) atoms. The number of rotatable bonds is 6. The number of aryl methyl sites for hydroxylation is 1. The van der Waals surface area contributed by atoms with E-state index >= 15 is 0 Å². The largest absolute Gasteiger partial charge is 0.312 e. The molecule has 1 aliphatic rings. The van der Waals surface area contributed by atoms with E-state index in [0.29, 0.717) is 18.1 Å². The van der Waals surface area contributed by atoms with Gasteiger partial charge in [-0.25, -0.2) is 0 Å². The van der Waals surface area contributed by atoms with Crippen molar-refractivity contribution < 1.29 is 0 Å². The summed E-state index contributed by atoms with van der Waals surface area (Å²) < 4.78 is 0. The average Bonchev–Trinajstić information content (AvgIpc) is 2.49. The maximum Gasteiger partial charge on any atom is 0.0447 e. The summed E-state index contributed by atoms with van der Waals surface area (Å²) in [4.78, 5) is 2.69. The summed E-state index contributed by atoms with van der Waals surface area (Å²) in [6, 6.07) is 11.1. The normalized spacial score (nSPS) is 25.0. The molecular formula is C19H32N2. The van der Waals surface area contributed by atoms with Gasteiger partial charge in [-0.15, -0.1) is 0 Å². The molecule has 3 atom stereocenters. The van der Waals surface area contributed by atoms with E-state index in [-0.39, 0.29) is 0 Å². The highest BCUT2D eigenvalue weighted by Crippen LogP contribution is 2.25. The van der Waals surface area contributed by atoms with Gasteiger partial charge < -0.3 is 5.32 Å². The van der Waals surface area contributed by atoms with E-state index in [4.69, 9.17) is 0 Å². The average molecular weight is 288 g/mol. The van der Waals surface area contributed by atoms with Crippen molar-refractivity contribution in [1.29, 1.82) is 0 Å². The fourth-order valence-corrected chi connectivity index (χ4v) is 3.61. The molecule has 0 aromatic heterocycles. The van der Waals surface area contributed by atoms with Gasteiger partial charge >= 0.3 is 0 Å². The lowest BCUT2D eigenvalue weighted by Gasteiger charge is -2.41. The quantitative estimate of drug-likeness (QED) is 0.845. The molecule has 118 valence electrons. The first kappa shape index (κ1) is 16.5. The van der Waals surface area contributed by atoms with Crippen LogP contribution in [0.5, 0.6) is 0 Å². The lowest BCUT2D eigenvalue weighted by molar-refractivity contribution is 0.0920. The summed E-state index contributed by atoms with van der Waals surface area (Å²) in [6.45, 7) is 8.12. The second-order valence-electron chi connectivity index (χ2n) is 6.66. The molecule has 0 amide bonds. The Kier molecular flexibility index (Phi) is 6.25. The van der Waals surface area contributed by atoms with Gasteiger partial charge in [-0.1, -0.05) is 44.0 Å². The van der Waals surface area contributed by atoms with Crippen LogP contribution in [0.15, 0.2) is 24.3 Å². The summed E-state index contributed by atoms with van der Waals surface area (Å²) >= 11 is 0. The molecule has 1 unspecified atom stereocenters. The molecule has 0 radical (unpaired) electrons. The molecule has 1 aliphatic heterocycles. The van der Waals surface area contributed by atoms with Crippen LogP contribution in [-0.2, 0) is 6.42 Å². The molecule has 0 bridgehead atoms. The third-order valence-corrected chi connectivity index (χ3v) is 5.04.